The summed E-state index contributed by atoms with van der Waals surface area (Å²) in [7, 11) is -2.05. The van der Waals surface area contributed by atoms with Gasteiger partial charge in [-0.2, -0.15) is 0 Å². The van der Waals surface area contributed by atoms with Gasteiger partial charge in [0.05, 0.1) is 0 Å². The van der Waals surface area contributed by atoms with Crippen LogP contribution in [0.25, 0.3) is 0 Å². The molecule has 0 bridgehead atoms. The van der Waals surface area contributed by atoms with E-state index >= 15 is 0 Å². The first-order chi connectivity index (χ1) is 18.2. The lowest BCUT2D eigenvalue weighted by Gasteiger charge is -2.28. The van der Waals surface area contributed by atoms with Gasteiger partial charge in [-0.1, -0.05) is 112 Å². The van der Waals surface area contributed by atoms with Gasteiger partial charge in [0.1, 0.15) is 47.9 Å². The summed E-state index contributed by atoms with van der Waals surface area (Å²) < 4.78 is 20.9. The van der Waals surface area contributed by atoms with Gasteiger partial charge in [0, 0.05) is 5.56 Å². The van der Waals surface area contributed by atoms with Gasteiger partial charge in [0.25, 0.3) is 0 Å². The minimum absolute atomic E-state index is 0.109. The summed E-state index contributed by atoms with van der Waals surface area (Å²) in [5, 5.41) is 3.99. The average molecular weight is 514 g/mol. The van der Waals surface area contributed by atoms with Gasteiger partial charge < -0.3 is 4.74 Å². The second kappa shape index (κ2) is 14.1. The number of alkyl halides is 1. The van der Waals surface area contributed by atoms with E-state index < -0.39 is 13.4 Å². The molecule has 0 amide bonds. The molecule has 1 unspecified atom stereocenters. The standard InChI is InChI=1S/C34H39FOP/c1-2-3-4-5-9-19-30(35)27-36-34-26-17-16-18-29(34)28-37(31-20-10-6-11-21-31,32-22-12-7-13-23-32)33-24-14-8-15-25-33/h6-8,10-18,20-26,30H,2-5,9,19,27-28H2,1H3/q+1. The van der Waals surface area contributed by atoms with Crippen LogP contribution < -0.4 is 20.7 Å². The first kappa shape index (κ1) is 27.1. The highest BCUT2D eigenvalue weighted by Gasteiger charge is 2.45. The van der Waals surface area contributed by atoms with Gasteiger partial charge in [-0.15, -0.1) is 0 Å². The molecule has 0 heterocycles. The van der Waals surface area contributed by atoms with Crippen molar-refractivity contribution in [2.24, 2.45) is 0 Å². The summed E-state index contributed by atoms with van der Waals surface area (Å²) in [5.41, 5.74) is 1.13. The Labute approximate surface area is 223 Å². The maximum Gasteiger partial charge on any atom is 0.134 e. The Morgan fingerprint density at radius 1 is 0.622 bits per heavy atom. The van der Waals surface area contributed by atoms with Gasteiger partial charge in [-0.05, 0) is 48.9 Å². The van der Waals surface area contributed by atoms with E-state index in [2.05, 4.69) is 110 Å². The molecule has 0 fully saturated rings. The fourth-order valence-electron chi connectivity index (χ4n) is 5.03. The fourth-order valence-corrected chi connectivity index (χ4v) is 9.29. The van der Waals surface area contributed by atoms with Crippen LogP contribution in [0.1, 0.15) is 51.0 Å². The van der Waals surface area contributed by atoms with Crippen LogP contribution in [0, 0.1) is 0 Å². The third kappa shape index (κ3) is 7.08. The summed E-state index contributed by atoms with van der Waals surface area (Å²) in [6.07, 6.45) is 6.10. The predicted octanol–water partition coefficient (Wildman–Crippen LogP) is 8.26. The molecule has 192 valence electrons. The maximum absolute atomic E-state index is 14.7. The van der Waals surface area contributed by atoms with Crippen LogP contribution in [-0.2, 0) is 6.16 Å². The van der Waals surface area contributed by atoms with Crippen molar-refractivity contribution in [2.75, 3.05) is 6.61 Å². The lowest BCUT2D eigenvalue weighted by Crippen LogP contribution is -2.32. The Morgan fingerprint density at radius 2 is 1.11 bits per heavy atom. The molecule has 1 nitrogen and oxygen atoms in total. The zero-order chi connectivity index (χ0) is 25.8. The highest BCUT2D eigenvalue weighted by atomic mass is 31.2. The number of para-hydroxylation sites is 1. The number of halogens is 1. The number of unbranched alkanes of at least 4 members (excludes halogenated alkanes) is 4. The van der Waals surface area contributed by atoms with Crippen molar-refractivity contribution < 1.29 is 9.13 Å². The number of hydrogen-bond acceptors (Lipinski definition) is 1. The van der Waals surface area contributed by atoms with Crippen LogP contribution in [0.4, 0.5) is 4.39 Å². The third-order valence-corrected chi connectivity index (χ3v) is 11.4. The van der Waals surface area contributed by atoms with Crippen LogP contribution >= 0.6 is 7.26 Å². The Balaban J connectivity index is 1.64. The van der Waals surface area contributed by atoms with E-state index in [0.29, 0.717) is 6.42 Å². The largest absolute Gasteiger partial charge is 0.490 e. The van der Waals surface area contributed by atoms with E-state index in [4.69, 9.17) is 4.74 Å². The molecular formula is C34H39FOP+. The maximum atomic E-state index is 14.7. The first-order valence-electron chi connectivity index (χ1n) is 13.6. The summed E-state index contributed by atoms with van der Waals surface area (Å²) in [6, 6.07) is 40.8. The molecule has 0 radical (unpaired) electrons. The van der Waals surface area contributed by atoms with Crippen molar-refractivity contribution in [1.82, 2.24) is 0 Å². The Morgan fingerprint density at radius 3 is 1.65 bits per heavy atom. The molecule has 0 spiro atoms. The molecule has 1 atom stereocenters. The van der Waals surface area contributed by atoms with Crippen LogP contribution in [0.3, 0.4) is 0 Å². The molecular weight excluding hydrogens is 474 g/mol. The van der Waals surface area contributed by atoms with E-state index in [-0.39, 0.29) is 6.61 Å². The molecule has 0 aliphatic rings. The highest BCUT2D eigenvalue weighted by molar-refractivity contribution is 7.95. The van der Waals surface area contributed by atoms with Crippen molar-refractivity contribution in [1.29, 1.82) is 0 Å². The van der Waals surface area contributed by atoms with Crippen molar-refractivity contribution in [3.05, 3.63) is 121 Å². The summed E-state index contributed by atoms with van der Waals surface area (Å²) in [5.74, 6) is 0.795. The predicted molar refractivity (Wildman–Crippen MR) is 159 cm³/mol. The zero-order valence-corrected chi connectivity index (χ0v) is 22.8. The minimum atomic E-state index is -2.05. The molecule has 0 saturated heterocycles. The number of rotatable bonds is 14. The first-order valence-corrected chi connectivity index (χ1v) is 15.6. The molecule has 0 aliphatic heterocycles. The van der Waals surface area contributed by atoms with Gasteiger partial charge in [-0.3, -0.25) is 0 Å². The van der Waals surface area contributed by atoms with E-state index in [9.17, 15) is 4.39 Å². The monoisotopic (exact) mass is 513 g/mol. The molecule has 4 aromatic rings. The van der Waals surface area contributed by atoms with Gasteiger partial charge in [0.15, 0.2) is 0 Å². The number of benzene rings is 4. The molecule has 4 aromatic carbocycles. The number of ether oxygens (including phenoxy) is 1. The second-order valence-electron chi connectivity index (χ2n) is 9.69. The van der Waals surface area contributed by atoms with Crippen molar-refractivity contribution in [2.45, 2.75) is 57.8 Å². The van der Waals surface area contributed by atoms with E-state index in [1.807, 2.05) is 12.1 Å². The van der Waals surface area contributed by atoms with Crippen molar-refractivity contribution >= 4 is 23.2 Å². The molecule has 0 aromatic heterocycles. The van der Waals surface area contributed by atoms with Gasteiger partial charge in [0.2, 0.25) is 0 Å². The van der Waals surface area contributed by atoms with E-state index in [0.717, 1.165) is 30.3 Å². The van der Waals surface area contributed by atoms with E-state index in [1.54, 1.807) is 0 Å². The fraction of sp³-hybridized carbons (Fsp3) is 0.294. The molecule has 0 N–H and O–H groups in total. The third-order valence-electron chi connectivity index (χ3n) is 7.01. The summed E-state index contributed by atoms with van der Waals surface area (Å²) >= 11 is 0. The topological polar surface area (TPSA) is 9.23 Å². The lowest BCUT2D eigenvalue weighted by molar-refractivity contribution is 0.183. The molecule has 0 aliphatic carbocycles. The summed E-state index contributed by atoms with van der Waals surface area (Å²) in [6.45, 7) is 2.31. The van der Waals surface area contributed by atoms with Crippen LogP contribution in [0.15, 0.2) is 115 Å². The van der Waals surface area contributed by atoms with Crippen LogP contribution in [0.5, 0.6) is 5.75 Å². The lowest BCUT2D eigenvalue weighted by atomic mass is 10.1. The van der Waals surface area contributed by atoms with Crippen molar-refractivity contribution in [3.8, 4) is 5.75 Å². The molecule has 0 saturated carbocycles. The number of hydrogen-bond donors (Lipinski definition) is 0. The van der Waals surface area contributed by atoms with Crippen LogP contribution in [-0.4, -0.2) is 12.8 Å². The normalized spacial score (nSPS) is 12.3. The van der Waals surface area contributed by atoms with E-state index in [1.165, 1.54) is 35.2 Å². The highest BCUT2D eigenvalue weighted by Crippen LogP contribution is 2.58. The Hall–Kier alpha value is -2.96. The summed E-state index contributed by atoms with van der Waals surface area (Å²) in [4.78, 5) is 0. The SMILES string of the molecule is CCCCCCCC(F)COc1ccccc1C[P+](c1ccccc1)(c1ccccc1)c1ccccc1. The smallest absolute Gasteiger partial charge is 0.134 e. The molecule has 3 heteroatoms. The van der Waals surface area contributed by atoms with Crippen molar-refractivity contribution in [3.63, 3.8) is 0 Å². The van der Waals surface area contributed by atoms with Gasteiger partial charge >= 0.3 is 0 Å². The zero-order valence-electron chi connectivity index (χ0n) is 21.9. The van der Waals surface area contributed by atoms with Crippen LogP contribution in [0.2, 0.25) is 0 Å². The molecule has 4 rings (SSSR count). The Bertz CT molecular complexity index is 1080. The molecule has 37 heavy (non-hydrogen) atoms. The second-order valence-corrected chi connectivity index (χ2v) is 13.2. The quantitative estimate of drug-likeness (QED) is 0.122. The Kier molecular flexibility index (Phi) is 10.3. The van der Waals surface area contributed by atoms with Gasteiger partial charge in [-0.25, -0.2) is 4.39 Å². The average Bonchev–Trinajstić information content (AvgIpc) is 2.96. The minimum Gasteiger partial charge on any atom is -0.490 e.